The molecule has 8 heteroatoms. The summed E-state index contributed by atoms with van der Waals surface area (Å²) in [6, 6.07) is 3.47. The molecule has 1 rings (SSSR count). The van der Waals surface area contributed by atoms with E-state index in [-0.39, 0.29) is 35.0 Å². The fourth-order valence-corrected chi connectivity index (χ4v) is 2.45. The Balaban J connectivity index is 2.89. The summed E-state index contributed by atoms with van der Waals surface area (Å²) in [4.78, 5) is 10.5. The number of carboxylic acid groups (broad SMARTS) is 1. The molecule has 0 spiro atoms. The molecule has 0 radical (unpaired) electrons. The van der Waals surface area contributed by atoms with Crippen molar-refractivity contribution in [3.05, 3.63) is 23.8 Å². The van der Waals surface area contributed by atoms with Gasteiger partial charge in [0.2, 0.25) is 0 Å². The lowest BCUT2D eigenvalue weighted by Gasteiger charge is -2.19. The first-order valence-electron chi connectivity index (χ1n) is 6.09. The number of benzene rings is 1. The van der Waals surface area contributed by atoms with Crippen LogP contribution in [0.15, 0.2) is 23.1 Å². The first-order valence-corrected chi connectivity index (χ1v) is 8.40. The Labute approximate surface area is 128 Å². The van der Waals surface area contributed by atoms with E-state index >= 15 is 0 Å². The van der Waals surface area contributed by atoms with E-state index in [9.17, 15) is 13.2 Å². The topological polar surface area (TPSA) is 89.9 Å². The largest absolute Gasteiger partial charge is 0.490 e. The minimum absolute atomic E-state index is 0.00694. The van der Waals surface area contributed by atoms with E-state index < -0.39 is 15.0 Å². The number of carboxylic acids is 1. The van der Waals surface area contributed by atoms with Gasteiger partial charge >= 0.3 is 5.97 Å². The highest BCUT2D eigenvalue weighted by Crippen LogP contribution is 2.28. The summed E-state index contributed by atoms with van der Waals surface area (Å²) in [6.07, 6.45) is 0. The molecule has 0 saturated carbocycles. The van der Waals surface area contributed by atoms with Crippen LogP contribution in [0.5, 0.6) is 5.75 Å². The zero-order valence-corrected chi connectivity index (χ0v) is 13.5. The van der Waals surface area contributed by atoms with Gasteiger partial charge in [0.25, 0.3) is 9.05 Å². The number of hydrogen-bond donors (Lipinski definition) is 1. The lowest BCUT2D eigenvalue weighted by atomic mass is 10.2. The molecule has 0 saturated heterocycles. The smallest absolute Gasteiger partial charge is 0.335 e. The summed E-state index contributed by atoms with van der Waals surface area (Å²) in [5.41, 5.74) is -0.523. The fraction of sp³-hybridized carbons (Fsp3) is 0.462. The average Bonchev–Trinajstić information content (AvgIpc) is 2.32. The first kappa shape index (κ1) is 17.7. The van der Waals surface area contributed by atoms with Gasteiger partial charge in [-0.2, -0.15) is 0 Å². The van der Waals surface area contributed by atoms with Crippen LogP contribution in [0.1, 0.15) is 31.1 Å². The van der Waals surface area contributed by atoms with Crippen LogP contribution >= 0.6 is 10.7 Å². The molecule has 0 heterocycles. The number of hydrogen-bond acceptors (Lipinski definition) is 5. The van der Waals surface area contributed by atoms with Crippen LogP contribution in [-0.4, -0.2) is 38.3 Å². The molecular formula is C13H17ClO6S. The van der Waals surface area contributed by atoms with Gasteiger partial charge in [-0.15, -0.1) is 0 Å². The Morgan fingerprint density at radius 3 is 2.38 bits per heavy atom. The summed E-state index contributed by atoms with van der Waals surface area (Å²) in [6.45, 7) is 6.00. The normalized spacial score (nSPS) is 12.2. The number of aromatic carboxylic acids is 1. The predicted octanol–water partition coefficient (Wildman–Crippen LogP) is 2.51. The van der Waals surface area contributed by atoms with Crippen molar-refractivity contribution in [2.24, 2.45) is 0 Å². The van der Waals surface area contributed by atoms with Crippen molar-refractivity contribution in [2.45, 2.75) is 31.3 Å². The van der Waals surface area contributed by atoms with Crippen molar-refractivity contribution in [3.63, 3.8) is 0 Å². The molecule has 0 aromatic heterocycles. The standard InChI is InChI=1S/C13H17ClO6S/c1-13(2,3)20-7-6-19-10-5-4-9(12(15)16)8-11(10)21(14,17)18/h4-5,8H,6-7H2,1-3H3,(H,15,16). The third-order valence-corrected chi connectivity index (χ3v) is 3.67. The number of ether oxygens (including phenoxy) is 2. The second-order valence-corrected chi connectivity index (χ2v) is 7.75. The van der Waals surface area contributed by atoms with Gasteiger partial charge in [-0.25, -0.2) is 13.2 Å². The van der Waals surface area contributed by atoms with Crippen molar-refractivity contribution >= 4 is 25.7 Å². The van der Waals surface area contributed by atoms with Gasteiger partial charge < -0.3 is 14.6 Å². The second-order valence-electron chi connectivity index (χ2n) is 5.21. The Kier molecular flexibility index (Phi) is 5.61. The zero-order valence-electron chi connectivity index (χ0n) is 11.9. The molecule has 1 aromatic carbocycles. The molecule has 21 heavy (non-hydrogen) atoms. The van der Waals surface area contributed by atoms with E-state index in [0.29, 0.717) is 0 Å². The number of carbonyl (C=O) groups is 1. The van der Waals surface area contributed by atoms with Crippen molar-refractivity contribution in [2.75, 3.05) is 13.2 Å². The minimum atomic E-state index is -4.11. The monoisotopic (exact) mass is 336 g/mol. The zero-order chi connectivity index (χ0) is 16.3. The maximum atomic E-state index is 11.5. The van der Waals surface area contributed by atoms with Gasteiger partial charge in [-0.1, -0.05) is 0 Å². The van der Waals surface area contributed by atoms with Crippen molar-refractivity contribution < 1.29 is 27.8 Å². The Hall–Kier alpha value is -1.31. The molecule has 0 amide bonds. The van der Waals surface area contributed by atoms with Crippen LogP contribution in [0.25, 0.3) is 0 Å². The van der Waals surface area contributed by atoms with Gasteiger partial charge in [0, 0.05) is 10.7 Å². The summed E-state index contributed by atoms with van der Waals surface area (Å²) in [7, 11) is 1.18. The van der Waals surface area contributed by atoms with E-state index in [1.807, 2.05) is 20.8 Å². The molecule has 0 atom stereocenters. The third-order valence-electron chi connectivity index (χ3n) is 2.33. The lowest BCUT2D eigenvalue weighted by Crippen LogP contribution is -2.22. The molecule has 0 aliphatic rings. The van der Waals surface area contributed by atoms with Gasteiger partial charge in [-0.3, -0.25) is 0 Å². The Morgan fingerprint density at radius 1 is 1.29 bits per heavy atom. The number of halogens is 1. The highest BCUT2D eigenvalue weighted by atomic mass is 35.7. The van der Waals surface area contributed by atoms with Crippen LogP contribution in [0.3, 0.4) is 0 Å². The highest BCUT2D eigenvalue weighted by Gasteiger charge is 2.20. The summed E-state index contributed by atoms with van der Waals surface area (Å²) in [5, 5.41) is 8.87. The SMILES string of the molecule is CC(C)(C)OCCOc1ccc(C(=O)O)cc1S(=O)(=O)Cl. The Morgan fingerprint density at radius 2 is 1.90 bits per heavy atom. The van der Waals surface area contributed by atoms with Crippen LogP contribution < -0.4 is 4.74 Å². The van der Waals surface area contributed by atoms with Gasteiger partial charge in [0.1, 0.15) is 17.3 Å². The van der Waals surface area contributed by atoms with Crippen LogP contribution in [-0.2, 0) is 13.8 Å². The van der Waals surface area contributed by atoms with E-state index in [1.165, 1.54) is 12.1 Å². The molecule has 0 bridgehead atoms. The van der Waals surface area contributed by atoms with E-state index in [0.717, 1.165) is 6.07 Å². The van der Waals surface area contributed by atoms with Gasteiger partial charge in [0.05, 0.1) is 17.8 Å². The first-order chi connectivity index (χ1) is 9.50. The number of rotatable bonds is 6. The van der Waals surface area contributed by atoms with E-state index in [4.69, 9.17) is 25.3 Å². The van der Waals surface area contributed by atoms with E-state index in [2.05, 4.69) is 0 Å². The molecule has 0 fully saturated rings. The highest BCUT2D eigenvalue weighted by molar-refractivity contribution is 8.13. The van der Waals surface area contributed by atoms with Crippen molar-refractivity contribution in [1.29, 1.82) is 0 Å². The third kappa shape index (κ3) is 5.91. The maximum Gasteiger partial charge on any atom is 0.335 e. The van der Waals surface area contributed by atoms with Crippen molar-refractivity contribution in [1.82, 2.24) is 0 Å². The molecule has 6 nitrogen and oxygen atoms in total. The molecule has 0 unspecified atom stereocenters. The average molecular weight is 337 g/mol. The molecule has 1 aromatic rings. The fourth-order valence-electron chi connectivity index (χ4n) is 1.45. The molecule has 0 aliphatic carbocycles. The molecular weight excluding hydrogens is 320 g/mol. The van der Waals surface area contributed by atoms with Gasteiger partial charge in [-0.05, 0) is 39.0 Å². The van der Waals surface area contributed by atoms with Crippen LogP contribution in [0.2, 0.25) is 0 Å². The summed E-state index contributed by atoms with van der Waals surface area (Å²) in [5.74, 6) is -1.26. The molecule has 118 valence electrons. The van der Waals surface area contributed by atoms with Crippen molar-refractivity contribution in [3.8, 4) is 5.75 Å². The minimum Gasteiger partial charge on any atom is -0.490 e. The maximum absolute atomic E-state index is 11.5. The predicted molar refractivity (Wildman–Crippen MR) is 77.6 cm³/mol. The Bertz CT molecular complexity index is 618. The van der Waals surface area contributed by atoms with E-state index in [1.54, 1.807) is 0 Å². The summed E-state index contributed by atoms with van der Waals surface area (Å²) < 4.78 is 33.7. The van der Waals surface area contributed by atoms with Crippen LogP contribution in [0.4, 0.5) is 0 Å². The lowest BCUT2D eigenvalue weighted by molar-refractivity contribution is -0.0166. The molecule has 0 aliphatic heterocycles. The quantitative estimate of drug-likeness (QED) is 0.634. The van der Waals surface area contributed by atoms with Gasteiger partial charge in [0.15, 0.2) is 0 Å². The summed E-state index contributed by atoms with van der Waals surface area (Å²) >= 11 is 0. The molecule has 1 N–H and O–H groups in total. The van der Waals surface area contributed by atoms with Crippen LogP contribution in [0, 0.1) is 0 Å². The second kappa shape index (κ2) is 6.64.